The fraction of sp³-hybridized carbons (Fsp3) is 0.238. The molecule has 2 unspecified atom stereocenters. The highest BCUT2D eigenvalue weighted by Gasteiger charge is 2.37. The van der Waals surface area contributed by atoms with E-state index in [0.29, 0.717) is 11.1 Å². The molecule has 22 heavy (non-hydrogen) atoms. The van der Waals surface area contributed by atoms with Crippen LogP contribution in [0.25, 0.3) is 12.2 Å². The van der Waals surface area contributed by atoms with E-state index >= 15 is 0 Å². The van der Waals surface area contributed by atoms with Gasteiger partial charge in [-0.1, -0.05) is 78.4 Å². The highest BCUT2D eigenvalue weighted by molar-refractivity contribution is 6.63. The zero-order valence-corrected chi connectivity index (χ0v) is 14.7. The van der Waals surface area contributed by atoms with Crippen molar-refractivity contribution in [3.63, 3.8) is 0 Å². The Kier molecular flexibility index (Phi) is 3.19. The summed E-state index contributed by atoms with van der Waals surface area (Å²) in [7, 11) is -1.03. The second-order valence-corrected chi connectivity index (χ2v) is 9.90. The Morgan fingerprint density at radius 1 is 0.682 bits per heavy atom. The average molecular weight is 302 g/mol. The molecule has 1 heteroatoms. The average Bonchev–Trinajstić information content (AvgIpc) is 3.01. The monoisotopic (exact) mass is 302 g/mol. The summed E-state index contributed by atoms with van der Waals surface area (Å²) in [5.74, 6) is 0. The van der Waals surface area contributed by atoms with Crippen LogP contribution in [-0.2, 0) is 0 Å². The smallest absolute Gasteiger partial charge is 0.0599 e. The molecule has 2 atom stereocenters. The summed E-state index contributed by atoms with van der Waals surface area (Å²) in [5, 5.41) is 0. The third kappa shape index (κ3) is 1.96. The van der Waals surface area contributed by atoms with Gasteiger partial charge in [0.15, 0.2) is 0 Å². The third-order valence-corrected chi connectivity index (χ3v) is 9.33. The Bertz CT molecular complexity index is 730. The molecule has 0 nitrogen and oxygen atoms in total. The van der Waals surface area contributed by atoms with Crippen molar-refractivity contribution in [3.8, 4) is 0 Å². The van der Waals surface area contributed by atoms with E-state index < -0.39 is 8.80 Å². The van der Waals surface area contributed by atoms with Gasteiger partial charge in [0.2, 0.25) is 0 Å². The van der Waals surface area contributed by atoms with E-state index in [9.17, 15) is 0 Å². The maximum absolute atomic E-state index is 2.56. The number of fused-ring (bicyclic) bond motifs is 2. The Morgan fingerprint density at radius 2 is 1.09 bits per heavy atom. The van der Waals surface area contributed by atoms with Crippen LogP contribution < -0.4 is 0 Å². The SMILES string of the molecule is CC1=Cc2ccccc2C1[SiH](C)C1C(C)=Cc2ccccc21. The number of benzene rings is 2. The molecule has 2 aromatic rings. The Hall–Kier alpha value is -1.86. The van der Waals surface area contributed by atoms with Gasteiger partial charge < -0.3 is 0 Å². The van der Waals surface area contributed by atoms with Crippen LogP contribution in [0.4, 0.5) is 0 Å². The maximum atomic E-state index is 2.56. The first-order valence-corrected chi connectivity index (χ1v) is 10.7. The highest BCUT2D eigenvalue weighted by Crippen LogP contribution is 2.46. The van der Waals surface area contributed by atoms with Crippen molar-refractivity contribution in [2.24, 2.45) is 0 Å². The molecule has 0 bridgehead atoms. The summed E-state index contributed by atoms with van der Waals surface area (Å²) in [5.41, 5.74) is 10.5. The second kappa shape index (κ2) is 5.10. The van der Waals surface area contributed by atoms with Crippen molar-refractivity contribution in [2.45, 2.75) is 31.5 Å². The van der Waals surface area contributed by atoms with Gasteiger partial charge in [-0.3, -0.25) is 0 Å². The maximum Gasteiger partial charge on any atom is 0.0599 e. The summed E-state index contributed by atoms with van der Waals surface area (Å²) in [4.78, 5) is 0. The zero-order valence-electron chi connectivity index (χ0n) is 13.5. The van der Waals surface area contributed by atoms with Crippen LogP contribution >= 0.6 is 0 Å². The molecule has 0 amide bonds. The highest BCUT2D eigenvalue weighted by atomic mass is 28.3. The van der Waals surface area contributed by atoms with E-state index in [4.69, 9.17) is 0 Å². The summed E-state index contributed by atoms with van der Waals surface area (Å²) in [6, 6.07) is 17.9. The summed E-state index contributed by atoms with van der Waals surface area (Å²) < 4.78 is 0. The first-order valence-electron chi connectivity index (χ1n) is 8.21. The molecule has 0 spiro atoms. The fourth-order valence-corrected chi connectivity index (χ4v) is 8.58. The molecule has 2 aliphatic rings. The first-order chi connectivity index (χ1) is 10.7. The molecule has 0 saturated heterocycles. The molecule has 4 rings (SSSR count). The van der Waals surface area contributed by atoms with Gasteiger partial charge in [0.25, 0.3) is 0 Å². The molecule has 2 aromatic carbocycles. The van der Waals surface area contributed by atoms with Crippen molar-refractivity contribution >= 4 is 20.9 Å². The molecule has 0 heterocycles. The normalized spacial score (nSPS) is 23.6. The summed E-state index contributed by atoms with van der Waals surface area (Å²) in [6.45, 7) is 7.22. The lowest BCUT2D eigenvalue weighted by Gasteiger charge is -2.29. The fourth-order valence-electron chi connectivity index (χ4n) is 4.60. The van der Waals surface area contributed by atoms with Crippen molar-refractivity contribution in [1.29, 1.82) is 0 Å². The molecular formula is C21H22Si. The lowest BCUT2D eigenvalue weighted by Crippen LogP contribution is -2.28. The quantitative estimate of drug-likeness (QED) is 0.658. The van der Waals surface area contributed by atoms with Crippen LogP contribution in [0.5, 0.6) is 0 Å². The van der Waals surface area contributed by atoms with Crippen molar-refractivity contribution < 1.29 is 0 Å². The van der Waals surface area contributed by atoms with Crippen molar-refractivity contribution in [2.75, 3.05) is 0 Å². The summed E-state index contributed by atoms with van der Waals surface area (Å²) >= 11 is 0. The second-order valence-electron chi connectivity index (χ2n) is 6.85. The van der Waals surface area contributed by atoms with Gasteiger partial charge in [-0.25, -0.2) is 0 Å². The van der Waals surface area contributed by atoms with Crippen molar-refractivity contribution in [3.05, 3.63) is 81.9 Å². The van der Waals surface area contributed by atoms with Crippen LogP contribution in [0, 0.1) is 0 Å². The zero-order chi connectivity index (χ0) is 15.3. The third-order valence-electron chi connectivity index (χ3n) is 5.46. The van der Waals surface area contributed by atoms with Gasteiger partial charge in [-0.2, -0.15) is 0 Å². The van der Waals surface area contributed by atoms with Gasteiger partial charge in [0.1, 0.15) is 0 Å². The summed E-state index contributed by atoms with van der Waals surface area (Å²) in [6.07, 6.45) is 4.81. The Morgan fingerprint density at radius 3 is 1.55 bits per heavy atom. The molecule has 0 fully saturated rings. The van der Waals surface area contributed by atoms with Gasteiger partial charge in [-0.05, 0) is 47.2 Å². The van der Waals surface area contributed by atoms with E-state index in [0.717, 1.165) is 0 Å². The van der Waals surface area contributed by atoms with Gasteiger partial charge in [0.05, 0.1) is 8.80 Å². The van der Waals surface area contributed by atoms with E-state index in [2.05, 4.69) is 81.1 Å². The Balaban J connectivity index is 1.76. The Labute approximate surface area is 134 Å². The molecule has 0 aliphatic heterocycles. The van der Waals surface area contributed by atoms with Crippen LogP contribution in [0.15, 0.2) is 59.7 Å². The van der Waals surface area contributed by atoms with Gasteiger partial charge in [-0.15, -0.1) is 0 Å². The molecule has 2 aliphatic carbocycles. The van der Waals surface area contributed by atoms with Crippen LogP contribution in [0.1, 0.15) is 47.2 Å². The minimum atomic E-state index is -1.03. The molecular weight excluding hydrogens is 280 g/mol. The number of hydrogen-bond donors (Lipinski definition) is 0. The first kappa shape index (κ1) is 13.8. The molecule has 0 aromatic heterocycles. The van der Waals surface area contributed by atoms with Crippen LogP contribution in [0.2, 0.25) is 6.55 Å². The lowest BCUT2D eigenvalue weighted by molar-refractivity contribution is 1.01. The minimum Gasteiger partial charge on any atom is -0.0705 e. The van der Waals surface area contributed by atoms with Crippen LogP contribution in [-0.4, -0.2) is 8.80 Å². The predicted molar refractivity (Wildman–Crippen MR) is 98.7 cm³/mol. The topological polar surface area (TPSA) is 0 Å². The largest absolute Gasteiger partial charge is 0.0705 e. The van der Waals surface area contributed by atoms with E-state index in [-0.39, 0.29) is 0 Å². The molecule has 0 radical (unpaired) electrons. The lowest BCUT2D eigenvalue weighted by atomic mass is 10.1. The minimum absolute atomic E-state index is 0.677. The van der Waals surface area contributed by atoms with Gasteiger partial charge >= 0.3 is 0 Å². The predicted octanol–water partition coefficient (Wildman–Crippen LogP) is 5.32. The van der Waals surface area contributed by atoms with E-state index in [1.54, 1.807) is 22.3 Å². The molecule has 0 N–H and O–H groups in total. The van der Waals surface area contributed by atoms with Gasteiger partial charge in [0, 0.05) is 0 Å². The number of allylic oxidation sites excluding steroid dienone is 2. The number of rotatable bonds is 2. The molecule has 0 saturated carbocycles. The standard InChI is InChI=1S/C21H22Si/c1-14-12-16-8-4-6-10-18(16)20(14)22(3)21-15(2)13-17-9-5-7-11-19(17)21/h4-13,20-22H,1-3H3. The van der Waals surface area contributed by atoms with E-state index in [1.807, 2.05) is 0 Å². The number of hydrogen-bond acceptors (Lipinski definition) is 0. The molecule has 110 valence electrons. The van der Waals surface area contributed by atoms with E-state index in [1.165, 1.54) is 11.1 Å². The van der Waals surface area contributed by atoms with Crippen LogP contribution in [0.3, 0.4) is 0 Å². The van der Waals surface area contributed by atoms with Crippen molar-refractivity contribution in [1.82, 2.24) is 0 Å².